The molecular formula is C11H19N3O3S. The summed E-state index contributed by atoms with van der Waals surface area (Å²) in [6, 6.07) is 2.00. The summed E-state index contributed by atoms with van der Waals surface area (Å²) in [4.78, 5) is 0. The van der Waals surface area contributed by atoms with Gasteiger partial charge < -0.3 is 9.84 Å². The van der Waals surface area contributed by atoms with Crippen molar-refractivity contribution in [3.05, 3.63) is 17.5 Å². The number of rotatable bonds is 4. The second-order valence-corrected chi connectivity index (χ2v) is 6.64. The van der Waals surface area contributed by atoms with E-state index in [4.69, 9.17) is 4.52 Å². The molecule has 2 heterocycles. The van der Waals surface area contributed by atoms with E-state index in [2.05, 4.69) is 22.1 Å². The summed E-state index contributed by atoms with van der Waals surface area (Å²) in [7, 11) is -3.34. The van der Waals surface area contributed by atoms with E-state index in [0.717, 1.165) is 19.4 Å². The van der Waals surface area contributed by atoms with Crippen LogP contribution < -0.4 is 10.0 Å². The van der Waals surface area contributed by atoms with Crippen molar-refractivity contribution in [2.45, 2.75) is 44.5 Å². The van der Waals surface area contributed by atoms with Crippen LogP contribution in [0.4, 0.5) is 0 Å². The van der Waals surface area contributed by atoms with Crippen molar-refractivity contribution >= 4 is 10.0 Å². The van der Waals surface area contributed by atoms with Gasteiger partial charge in [-0.25, -0.2) is 13.1 Å². The van der Waals surface area contributed by atoms with Crippen LogP contribution in [-0.2, 0) is 15.8 Å². The summed E-state index contributed by atoms with van der Waals surface area (Å²) in [6.07, 6.45) is 1.64. The number of hydrogen-bond acceptors (Lipinski definition) is 5. The minimum Gasteiger partial charge on any atom is -0.361 e. The largest absolute Gasteiger partial charge is 0.361 e. The van der Waals surface area contributed by atoms with Crippen molar-refractivity contribution < 1.29 is 12.9 Å². The third kappa shape index (κ3) is 3.79. The zero-order valence-electron chi connectivity index (χ0n) is 10.6. The number of sulfonamides is 1. The molecule has 0 amide bonds. The van der Waals surface area contributed by atoms with Crippen molar-refractivity contribution in [1.82, 2.24) is 15.2 Å². The van der Waals surface area contributed by atoms with E-state index >= 15 is 0 Å². The Kier molecular flexibility index (Phi) is 4.04. The van der Waals surface area contributed by atoms with Crippen LogP contribution in [0.2, 0.25) is 0 Å². The molecule has 1 aromatic rings. The molecule has 1 aromatic heterocycles. The Morgan fingerprint density at radius 1 is 1.61 bits per heavy atom. The van der Waals surface area contributed by atoms with Gasteiger partial charge in [0.2, 0.25) is 10.0 Å². The minimum absolute atomic E-state index is 0.0132. The molecule has 0 radical (unpaired) electrons. The molecular weight excluding hydrogens is 254 g/mol. The Bertz CT molecular complexity index is 497. The number of nitrogens with zero attached hydrogens (tertiary/aromatic N) is 1. The molecule has 102 valence electrons. The van der Waals surface area contributed by atoms with E-state index in [1.165, 1.54) is 0 Å². The van der Waals surface area contributed by atoms with Crippen LogP contribution in [-0.4, -0.2) is 32.2 Å². The van der Waals surface area contributed by atoms with Crippen LogP contribution in [0.25, 0.3) is 0 Å². The first-order chi connectivity index (χ1) is 8.44. The summed E-state index contributed by atoms with van der Waals surface area (Å²) in [5.41, 5.74) is 0.446. The highest BCUT2D eigenvalue weighted by atomic mass is 32.2. The maximum Gasteiger partial charge on any atom is 0.217 e. The Hall–Kier alpha value is -0.920. The van der Waals surface area contributed by atoms with E-state index in [1.54, 1.807) is 13.0 Å². The fourth-order valence-corrected chi connectivity index (χ4v) is 3.55. The highest BCUT2D eigenvalue weighted by Crippen LogP contribution is 2.11. The molecule has 0 bridgehead atoms. The van der Waals surface area contributed by atoms with Gasteiger partial charge >= 0.3 is 0 Å². The molecule has 2 atom stereocenters. The van der Waals surface area contributed by atoms with Gasteiger partial charge in [0.15, 0.2) is 0 Å². The maximum absolute atomic E-state index is 12.0. The first kappa shape index (κ1) is 13.5. The van der Waals surface area contributed by atoms with Crippen LogP contribution >= 0.6 is 0 Å². The van der Waals surface area contributed by atoms with Crippen LogP contribution in [0.5, 0.6) is 0 Å². The van der Waals surface area contributed by atoms with Crippen molar-refractivity contribution in [3.8, 4) is 0 Å². The van der Waals surface area contributed by atoms with Crippen molar-refractivity contribution in [3.63, 3.8) is 0 Å². The highest BCUT2D eigenvalue weighted by Gasteiger charge is 2.24. The Morgan fingerprint density at radius 2 is 2.39 bits per heavy atom. The first-order valence-corrected chi connectivity index (χ1v) is 7.75. The zero-order chi connectivity index (χ0) is 13.2. The zero-order valence-corrected chi connectivity index (χ0v) is 11.5. The quantitative estimate of drug-likeness (QED) is 0.836. The van der Waals surface area contributed by atoms with E-state index in [0.29, 0.717) is 17.5 Å². The van der Waals surface area contributed by atoms with Gasteiger partial charge in [-0.15, -0.1) is 0 Å². The van der Waals surface area contributed by atoms with Crippen molar-refractivity contribution in [2.75, 3.05) is 6.54 Å². The van der Waals surface area contributed by atoms with Crippen molar-refractivity contribution in [2.24, 2.45) is 0 Å². The van der Waals surface area contributed by atoms with Gasteiger partial charge in [0, 0.05) is 18.2 Å². The monoisotopic (exact) mass is 273 g/mol. The van der Waals surface area contributed by atoms with Gasteiger partial charge in [-0.1, -0.05) is 5.16 Å². The van der Waals surface area contributed by atoms with Crippen LogP contribution in [0.3, 0.4) is 0 Å². The molecule has 0 aromatic carbocycles. The molecule has 1 fully saturated rings. The normalized spacial score (nSPS) is 25.2. The molecule has 7 heteroatoms. The van der Waals surface area contributed by atoms with Crippen LogP contribution in [0.1, 0.15) is 31.2 Å². The van der Waals surface area contributed by atoms with Gasteiger partial charge in [-0.3, -0.25) is 0 Å². The third-order valence-electron chi connectivity index (χ3n) is 2.98. The molecule has 2 unspecified atom stereocenters. The molecule has 1 aliphatic rings. The molecule has 2 N–H and O–H groups in total. The Morgan fingerprint density at radius 3 is 3.00 bits per heavy atom. The van der Waals surface area contributed by atoms with Crippen LogP contribution in [0, 0.1) is 6.92 Å². The van der Waals surface area contributed by atoms with E-state index in [-0.39, 0.29) is 11.8 Å². The van der Waals surface area contributed by atoms with E-state index < -0.39 is 10.0 Å². The molecule has 6 nitrogen and oxygen atoms in total. The van der Waals surface area contributed by atoms with Gasteiger partial charge in [-0.2, -0.15) is 0 Å². The topological polar surface area (TPSA) is 84.2 Å². The average molecular weight is 273 g/mol. The summed E-state index contributed by atoms with van der Waals surface area (Å²) in [5.74, 6) is 0.499. The molecule has 0 saturated carbocycles. The second kappa shape index (κ2) is 5.38. The minimum atomic E-state index is -3.34. The number of piperidine rings is 1. The fourth-order valence-electron chi connectivity index (χ4n) is 2.22. The second-order valence-electron chi connectivity index (χ2n) is 4.88. The molecule has 0 aliphatic carbocycles. The first-order valence-electron chi connectivity index (χ1n) is 6.10. The van der Waals surface area contributed by atoms with Gasteiger partial charge in [0.25, 0.3) is 0 Å². The van der Waals surface area contributed by atoms with E-state index in [1.807, 2.05) is 0 Å². The highest BCUT2D eigenvalue weighted by molar-refractivity contribution is 7.88. The SMILES string of the molecule is Cc1cc(CS(=O)(=O)NC2CCNC(C)C2)no1. The molecule has 0 spiro atoms. The Balaban J connectivity index is 1.94. The standard InChI is InChI=1S/C11H19N3O3S/c1-8-5-10(3-4-12-8)14-18(15,16)7-11-6-9(2)17-13-11/h6,8,10,12,14H,3-5,7H2,1-2H3. The summed E-state index contributed by atoms with van der Waals surface area (Å²) < 4.78 is 31.5. The lowest BCUT2D eigenvalue weighted by Gasteiger charge is -2.28. The maximum atomic E-state index is 12.0. The van der Waals surface area contributed by atoms with Crippen molar-refractivity contribution in [1.29, 1.82) is 0 Å². The smallest absolute Gasteiger partial charge is 0.217 e. The molecule has 18 heavy (non-hydrogen) atoms. The summed E-state index contributed by atoms with van der Waals surface area (Å²) >= 11 is 0. The lowest BCUT2D eigenvalue weighted by atomic mass is 10.0. The predicted molar refractivity (Wildman–Crippen MR) is 67.5 cm³/mol. The lowest BCUT2D eigenvalue weighted by molar-refractivity contribution is 0.361. The van der Waals surface area contributed by atoms with Gasteiger partial charge in [0.1, 0.15) is 17.2 Å². The predicted octanol–water partition coefficient (Wildman–Crippen LogP) is 0.543. The lowest BCUT2D eigenvalue weighted by Crippen LogP contribution is -2.46. The summed E-state index contributed by atoms with van der Waals surface area (Å²) in [5, 5.41) is 6.99. The molecule has 1 aliphatic heterocycles. The average Bonchev–Trinajstić information content (AvgIpc) is 2.62. The van der Waals surface area contributed by atoms with Crippen LogP contribution in [0.15, 0.2) is 10.6 Å². The number of aryl methyl sites for hydroxylation is 1. The Labute approximate surface area is 107 Å². The number of nitrogens with one attached hydrogen (secondary N) is 2. The molecule has 2 rings (SSSR count). The fraction of sp³-hybridized carbons (Fsp3) is 0.727. The number of hydrogen-bond donors (Lipinski definition) is 2. The molecule has 1 saturated heterocycles. The summed E-state index contributed by atoms with van der Waals surface area (Å²) in [6.45, 7) is 4.64. The third-order valence-corrected chi connectivity index (χ3v) is 4.35. The number of aromatic nitrogens is 1. The van der Waals surface area contributed by atoms with E-state index in [9.17, 15) is 8.42 Å². The van der Waals surface area contributed by atoms with Gasteiger partial charge in [-0.05, 0) is 33.2 Å². The van der Waals surface area contributed by atoms with Gasteiger partial charge in [0.05, 0.1) is 0 Å².